The molecule has 0 atom stereocenters. The van der Waals surface area contributed by atoms with Gasteiger partial charge in [0.2, 0.25) is 0 Å². The van der Waals surface area contributed by atoms with Crippen LogP contribution in [-0.4, -0.2) is 17.2 Å². The molecule has 1 N–H and O–H groups in total. The highest BCUT2D eigenvalue weighted by molar-refractivity contribution is 8.18. The van der Waals surface area contributed by atoms with Crippen molar-refractivity contribution in [3.05, 3.63) is 63.5 Å². The van der Waals surface area contributed by atoms with E-state index in [1.165, 1.54) is 11.8 Å². The number of benzene rings is 2. The number of hydrogen-bond acceptors (Lipinski definition) is 4. The van der Waals surface area contributed by atoms with Crippen LogP contribution in [0, 0.1) is 6.92 Å². The predicted octanol–water partition coefficient (Wildman–Crippen LogP) is 5.33. The second-order valence-corrected chi connectivity index (χ2v) is 7.54. The number of nitrogens with zero attached hydrogens (tertiary/aromatic N) is 1. The van der Waals surface area contributed by atoms with Gasteiger partial charge in [-0.2, -0.15) is 0 Å². The largest absolute Gasteiger partial charge is 0.491 e. The quantitative estimate of drug-likeness (QED) is 0.723. The number of hydrogen-bond donors (Lipinski definition) is 1. The van der Waals surface area contributed by atoms with E-state index in [4.69, 9.17) is 16.3 Å². The molecule has 3 rings (SSSR count). The highest BCUT2D eigenvalue weighted by Gasteiger charge is 2.24. The summed E-state index contributed by atoms with van der Waals surface area (Å²) in [4.78, 5) is 17.3. The molecular formula is C20H19ClN2O2S. The molecule has 0 aromatic heterocycles. The van der Waals surface area contributed by atoms with E-state index in [9.17, 15) is 4.79 Å². The van der Waals surface area contributed by atoms with Crippen molar-refractivity contribution in [1.82, 2.24) is 5.32 Å². The first-order valence-electron chi connectivity index (χ1n) is 8.24. The minimum atomic E-state index is -0.157. The lowest BCUT2D eigenvalue weighted by atomic mass is 10.2. The summed E-state index contributed by atoms with van der Waals surface area (Å²) in [5.74, 6) is 0.653. The molecule has 1 fully saturated rings. The summed E-state index contributed by atoms with van der Waals surface area (Å²) in [6.07, 6.45) is 1.97. The van der Waals surface area contributed by atoms with Crippen LogP contribution in [0.25, 0.3) is 6.08 Å². The molecule has 0 radical (unpaired) electrons. The normalized spacial score (nSPS) is 17.2. The van der Waals surface area contributed by atoms with Gasteiger partial charge in [0.25, 0.3) is 5.91 Å². The predicted molar refractivity (Wildman–Crippen MR) is 109 cm³/mol. The van der Waals surface area contributed by atoms with Crippen molar-refractivity contribution in [2.24, 2.45) is 4.99 Å². The second kappa shape index (κ2) is 7.98. The van der Waals surface area contributed by atoms with Crippen LogP contribution in [0.1, 0.15) is 25.0 Å². The van der Waals surface area contributed by atoms with Crippen LogP contribution in [0.2, 0.25) is 5.02 Å². The first-order valence-corrected chi connectivity index (χ1v) is 9.43. The monoisotopic (exact) mass is 386 g/mol. The van der Waals surface area contributed by atoms with Gasteiger partial charge in [-0.3, -0.25) is 4.79 Å². The topological polar surface area (TPSA) is 50.7 Å². The van der Waals surface area contributed by atoms with Crippen LogP contribution in [0.3, 0.4) is 0 Å². The molecule has 1 aliphatic heterocycles. The maximum absolute atomic E-state index is 12.2. The molecule has 0 spiro atoms. The summed E-state index contributed by atoms with van der Waals surface area (Å²) in [7, 11) is 0. The van der Waals surface area contributed by atoms with E-state index in [2.05, 4.69) is 10.3 Å². The molecule has 4 nitrogen and oxygen atoms in total. The molecule has 0 unspecified atom stereocenters. The maximum atomic E-state index is 12.2. The minimum Gasteiger partial charge on any atom is -0.491 e. The molecule has 2 aromatic rings. The molecule has 0 aliphatic carbocycles. The number of aliphatic imine (C=N–C) groups is 1. The van der Waals surface area contributed by atoms with Gasteiger partial charge in [-0.25, -0.2) is 4.99 Å². The van der Waals surface area contributed by atoms with Crippen LogP contribution in [0.5, 0.6) is 5.75 Å². The van der Waals surface area contributed by atoms with Gasteiger partial charge in [0.05, 0.1) is 16.7 Å². The Morgan fingerprint density at radius 2 is 1.92 bits per heavy atom. The Hall–Kier alpha value is -2.24. The Kier molecular flexibility index (Phi) is 5.69. The number of amidine groups is 1. The molecule has 1 saturated heterocycles. The zero-order valence-electron chi connectivity index (χ0n) is 14.7. The fourth-order valence-electron chi connectivity index (χ4n) is 2.37. The number of carbonyl (C=O) groups is 1. The van der Waals surface area contributed by atoms with Gasteiger partial charge in [0, 0.05) is 5.02 Å². The van der Waals surface area contributed by atoms with E-state index < -0.39 is 0 Å². The lowest BCUT2D eigenvalue weighted by molar-refractivity contribution is -0.115. The Balaban J connectivity index is 1.78. The Morgan fingerprint density at radius 3 is 2.62 bits per heavy atom. The zero-order chi connectivity index (χ0) is 18.7. The van der Waals surface area contributed by atoms with Gasteiger partial charge in [-0.1, -0.05) is 29.8 Å². The van der Waals surface area contributed by atoms with Crippen molar-refractivity contribution in [3.63, 3.8) is 0 Å². The fourth-order valence-corrected chi connectivity index (χ4v) is 3.38. The first-order chi connectivity index (χ1) is 12.4. The minimum absolute atomic E-state index is 0.129. The Bertz CT molecular complexity index is 889. The van der Waals surface area contributed by atoms with Crippen molar-refractivity contribution in [2.45, 2.75) is 26.9 Å². The molecule has 1 amide bonds. The average molecular weight is 387 g/mol. The number of thioether (sulfide) groups is 1. The van der Waals surface area contributed by atoms with E-state index in [0.717, 1.165) is 22.6 Å². The lowest BCUT2D eigenvalue weighted by Crippen LogP contribution is -2.19. The van der Waals surface area contributed by atoms with Crippen molar-refractivity contribution in [1.29, 1.82) is 0 Å². The number of nitrogens with one attached hydrogen (secondary N) is 1. The molecule has 6 heteroatoms. The highest BCUT2D eigenvalue weighted by Crippen LogP contribution is 2.31. The van der Waals surface area contributed by atoms with Gasteiger partial charge < -0.3 is 10.1 Å². The number of rotatable bonds is 4. The van der Waals surface area contributed by atoms with E-state index in [1.54, 1.807) is 0 Å². The van der Waals surface area contributed by atoms with E-state index in [0.29, 0.717) is 15.1 Å². The highest BCUT2D eigenvalue weighted by atomic mass is 35.5. The smallest absolute Gasteiger partial charge is 0.264 e. The van der Waals surface area contributed by atoms with E-state index in [1.807, 2.05) is 69.3 Å². The lowest BCUT2D eigenvalue weighted by Gasteiger charge is -2.09. The van der Waals surface area contributed by atoms with Crippen LogP contribution in [0.15, 0.2) is 52.4 Å². The maximum Gasteiger partial charge on any atom is 0.264 e. The van der Waals surface area contributed by atoms with Gasteiger partial charge in [0.15, 0.2) is 5.17 Å². The van der Waals surface area contributed by atoms with Crippen molar-refractivity contribution in [2.75, 3.05) is 0 Å². The molecule has 0 bridgehead atoms. The first kappa shape index (κ1) is 18.5. The van der Waals surface area contributed by atoms with E-state index in [-0.39, 0.29) is 12.0 Å². The number of carbonyl (C=O) groups excluding carboxylic acids is 1. The van der Waals surface area contributed by atoms with Gasteiger partial charge in [-0.15, -0.1) is 0 Å². The Morgan fingerprint density at radius 1 is 1.19 bits per heavy atom. The van der Waals surface area contributed by atoms with Crippen LogP contribution in [-0.2, 0) is 4.79 Å². The zero-order valence-corrected chi connectivity index (χ0v) is 16.3. The third kappa shape index (κ3) is 4.48. The van der Waals surface area contributed by atoms with E-state index >= 15 is 0 Å². The molecule has 2 aromatic carbocycles. The van der Waals surface area contributed by atoms with Gasteiger partial charge in [0.1, 0.15) is 5.75 Å². The third-order valence-electron chi connectivity index (χ3n) is 3.66. The molecule has 1 heterocycles. The SMILES string of the molecule is Cc1c(Cl)cccc1N=C1NC(=O)/C(=C/c2ccc(OC(C)C)cc2)S1. The summed E-state index contributed by atoms with van der Waals surface area (Å²) >= 11 is 7.44. The summed E-state index contributed by atoms with van der Waals surface area (Å²) in [6.45, 7) is 5.87. The summed E-state index contributed by atoms with van der Waals surface area (Å²) < 4.78 is 5.63. The molecule has 0 saturated carbocycles. The Labute approximate surface area is 162 Å². The molecule has 1 aliphatic rings. The summed E-state index contributed by atoms with van der Waals surface area (Å²) in [5.41, 5.74) is 2.56. The van der Waals surface area contributed by atoms with Crippen molar-refractivity contribution < 1.29 is 9.53 Å². The van der Waals surface area contributed by atoms with Gasteiger partial charge in [-0.05, 0) is 74.0 Å². The summed E-state index contributed by atoms with van der Waals surface area (Å²) in [5, 5.41) is 4.00. The van der Waals surface area contributed by atoms with Crippen LogP contribution < -0.4 is 10.1 Å². The van der Waals surface area contributed by atoms with Crippen LogP contribution >= 0.6 is 23.4 Å². The second-order valence-electron chi connectivity index (χ2n) is 6.10. The van der Waals surface area contributed by atoms with Crippen LogP contribution in [0.4, 0.5) is 5.69 Å². The number of halogens is 1. The molecule has 134 valence electrons. The van der Waals surface area contributed by atoms with Gasteiger partial charge >= 0.3 is 0 Å². The standard InChI is InChI=1S/C20H19ClN2O2S/c1-12(2)25-15-9-7-14(8-10-15)11-18-19(24)23-20(26-18)22-17-6-4-5-16(21)13(17)3/h4-12H,1-3H3,(H,22,23,24)/b18-11-. The molecular weight excluding hydrogens is 368 g/mol. The third-order valence-corrected chi connectivity index (χ3v) is 4.98. The molecule has 26 heavy (non-hydrogen) atoms. The average Bonchev–Trinajstić information content (AvgIpc) is 2.92. The fraction of sp³-hybridized carbons (Fsp3) is 0.200. The van der Waals surface area contributed by atoms with Crippen molar-refractivity contribution in [3.8, 4) is 5.75 Å². The number of amides is 1. The summed E-state index contributed by atoms with van der Waals surface area (Å²) in [6, 6.07) is 13.2. The van der Waals surface area contributed by atoms with Crippen molar-refractivity contribution >= 4 is 46.2 Å². The number of ether oxygens (including phenoxy) is 1.